The van der Waals surface area contributed by atoms with Gasteiger partial charge >= 0.3 is 5.97 Å². The van der Waals surface area contributed by atoms with Gasteiger partial charge in [0.2, 0.25) is 23.7 Å². The number of carbonyl (C=O) groups excluding carboxylic acids is 6. The molecule has 4 amide bonds. The Labute approximate surface area is 271 Å². The second-order valence-corrected chi connectivity index (χ2v) is 13.4. The molecule has 2 saturated carbocycles. The third kappa shape index (κ3) is 7.67. The maximum atomic E-state index is 14.5. The van der Waals surface area contributed by atoms with Gasteiger partial charge in [0.25, 0.3) is 11.8 Å². The van der Waals surface area contributed by atoms with Crippen molar-refractivity contribution in [2.24, 2.45) is 23.2 Å². The van der Waals surface area contributed by atoms with Gasteiger partial charge in [0.05, 0.1) is 6.04 Å². The predicted octanol–water partition coefficient (Wildman–Crippen LogP) is 3.00. The summed E-state index contributed by atoms with van der Waals surface area (Å²) in [5.41, 5.74) is 0.289. The van der Waals surface area contributed by atoms with Gasteiger partial charge in [0, 0.05) is 25.6 Å². The number of hydrogen-bond acceptors (Lipinski definition) is 7. The summed E-state index contributed by atoms with van der Waals surface area (Å²) >= 11 is 0. The van der Waals surface area contributed by atoms with Gasteiger partial charge in [0.15, 0.2) is 0 Å². The molecule has 0 bridgehead atoms. The van der Waals surface area contributed by atoms with Crippen LogP contribution in [0.4, 0.5) is 0 Å². The molecule has 3 N–H and O–H groups in total. The number of ether oxygens (including phenoxy) is 1. The Kier molecular flexibility index (Phi) is 11.4. The number of fused-ring (bicyclic) bond motifs is 1. The van der Waals surface area contributed by atoms with E-state index in [2.05, 4.69) is 36.4 Å². The minimum Gasteiger partial charge on any atom is -0.447 e. The number of likely N-dealkylation sites (tertiary alicyclic amines) is 1. The molecule has 3 fully saturated rings. The van der Waals surface area contributed by atoms with Crippen LogP contribution < -0.4 is 16.0 Å². The minimum absolute atomic E-state index is 0.0734. The van der Waals surface area contributed by atoms with Gasteiger partial charge in [-0.25, -0.2) is 0 Å². The summed E-state index contributed by atoms with van der Waals surface area (Å²) in [5, 5.41) is 8.22. The molecule has 1 aromatic carbocycles. The summed E-state index contributed by atoms with van der Waals surface area (Å²) in [7, 11) is 0. The minimum atomic E-state index is -1.24. The topological polar surface area (TPSA) is 151 Å². The Bertz CT molecular complexity index is 1320. The molecule has 0 radical (unpaired) electrons. The smallest absolute Gasteiger partial charge is 0.303 e. The second-order valence-electron chi connectivity index (χ2n) is 13.4. The van der Waals surface area contributed by atoms with Crippen LogP contribution in [0.3, 0.4) is 0 Å². The quantitative estimate of drug-likeness (QED) is 0.161. The zero-order valence-electron chi connectivity index (χ0n) is 27.4. The molecule has 0 spiro atoms. The molecule has 0 aromatic heterocycles. The highest BCUT2D eigenvalue weighted by atomic mass is 16.5. The number of esters is 1. The second kappa shape index (κ2) is 15.0. The monoisotopic (exact) mass is 636 g/mol. The number of benzene rings is 1. The maximum absolute atomic E-state index is 14.5. The maximum Gasteiger partial charge on any atom is 0.303 e. The highest BCUT2D eigenvalue weighted by molar-refractivity contribution is 6.38. The highest BCUT2D eigenvalue weighted by Crippen LogP contribution is 2.65. The van der Waals surface area contributed by atoms with E-state index in [1.165, 1.54) is 13.0 Å². The van der Waals surface area contributed by atoms with Crippen molar-refractivity contribution >= 4 is 35.4 Å². The van der Waals surface area contributed by atoms with E-state index in [1.54, 1.807) is 35.2 Å². The van der Waals surface area contributed by atoms with Crippen molar-refractivity contribution in [2.45, 2.75) is 96.9 Å². The standard InChI is InChI=1S/C35H48N4O7/c1-6-14-25(29(41)32(43)36-19-7-2)37-31(42)28-26-24(35(26,4)5)20-39(28)34(45)27(22-15-10-8-11-16-22)38-33(44)30(46-21(3)40)23-17-12-9-13-18-23/h7,9,12-13,17-18,22,24-28,30H,2,6,8,10-11,14-16,19-20H2,1,3-5H3,(H,36,43)(H,37,42)(H,38,44). The summed E-state index contributed by atoms with van der Waals surface area (Å²) in [5.74, 6) is -3.84. The zero-order chi connectivity index (χ0) is 33.6. The Hall–Kier alpha value is -4.02. The van der Waals surface area contributed by atoms with Gasteiger partial charge in [-0.3, -0.25) is 28.8 Å². The molecular weight excluding hydrogens is 588 g/mol. The van der Waals surface area contributed by atoms with Crippen LogP contribution in [-0.4, -0.2) is 71.5 Å². The van der Waals surface area contributed by atoms with E-state index in [-0.39, 0.29) is 42.0 Å². The van der Waals surface area contributed by atoms with Gasteiger partial charge in [-0.05, 0) is 42.4 Å². The summed E-state index contributed by atoms with van der Waals surface area (Å²) in [6, 6.07) is 5.82. The largest absolute Gasteiger partial charge is 0.447 e. The fourth-order valence-electron chi connectivity index (χ4n) is 7.36. The van der Waals surface area contributed by atoms with Crippen LogP contribution in [-0.2, 0) is 33.5 Å². The lowest BCUT2D eigenvalue weighted by Crippen LogP contribution is -2.60. The van der Waals surface area contributed by atoms with Crippen molar-refractivity contribution in [3.8, 4) is 0 Å². The van der Waals surface area contributed by atoms with Crippen molar-refractivity contribution in [2.75, 3.05) is 13.1 Å². The molecule has 1 aromatic rings. The molecule has 11 nitrogen and oxygen atoms in total. The van der Waals surface area contributed by atoms with Gasteiger partial charge < -0.3 is 25.6 Å². The van der Waals surface area contributed by atoms with Gasteiger partial charge in [-0.2, -0.15) is 0 Å². The number of piperidine rings is 1. The van der Waals surface area contributed by atoms with Crippen molar-refractivity contribution in [1.29, 1.82) is 0 Å². The lowest BCUT2D eigenvalue weighted by atomic mass is 9.82. The third-order valence-corrected chi connectivity index (χ3v) is 9.91. The van der Waals surface area contributed by atoms with Crippen LogP contribution in [0, 0.1) is 23.2 Å². The van der Waals surface area contributed by atoms with E-state index < -0.39 is 53.7 Å². The Morgan fingerprint density at radius 2 is 1.72 bits per heavy atom. The van der Waals surface area contributed by atoms with Gasteiger partial charge in [0.1, 0.15) is 12.1 Å². The van der Waals surface area contributed by atoms with Crippen LogP contribution in [0.15, 0.2) is 43.0 Å². The average molecular weight is 637 g/mol. The third-order valence-electron chi connectivity index (χ3n) is 9.91. The molecule has 250 valence electrons. The number of hydrogen-bond donors (Lipinski definition) is 3. The predicted molar refractivity (Wildman–Crippen MR) is 171 cm³/mol. The van der Waals surface area contributed by atoms with E-state index in [4.69, 9.17) is 4.74 Å². The first kappa shape index (κ1) is 34.8. The molecule has 6 atom stereocenters. The fourth-order valence-corrected chi connectivity index (χ4v) is 7.36. The van der Waals surface area contributed by atoms with E-state index in [1.807, 2.05) is 6.92 Å². The number of carbonyl (C=O) groups is 6. The van der Waals surface area contributed by atoms with Crippen molar-refractivity contribution in [3.05, 3.63) is 48.6 Å². The zero-order valence-corrected chi connectivity index (χ0v) is 27.4. The average Bonchev–Trinajstić information content (AvgIpc) is 3.35. The van der Waals surface area contributed by atoms with Gasteiger partial charge in [-0.15, -0.1) is 6.58 Å². The van der Waals surface area contributed by atoms with Crippen molar-refractivity contribution in [1.82, 2.24) is 20.9 Å². The number of amides is 4. The molecule has 6 unspecified atom stereocenters. The fraction of sp³-hybridized carbons (Fsp3) is 0.600. The Morgan fingerprint density at radius 1 is 1.04 bits per heavy atom. The highest BCUT2D eigenvalue weighted by Gasteiger charge is 2.69. The first-order chi connectivity index (χ1) is 21.9. The van der Waals surface area contributed by atoms with Crippen molar-refractivity contribution in [3.63, 3.8) is 0 Å². The molecule has 3 aliphatic rings. The number of ketones is 1. The summed E-state index contributed by atoms with van der Waals surface area (Å²) in [4.78, 5) is 81.3. The van der Waals surface area contributed by atoms with Crippen LogP contribution in [0.25, 0.3) is 0 Å². The van der Waals surface area contributed by atoms with Crippen LogP contribution >= 0.6 is 0 Å². The SMILES string of the molecule is C=CCNC(=O)C(=O)C(CCC)NC(=O)C1C2C(CN1C(=O)C(NC(=O)C(OC(C)=O)c1ccccc1)C1CCCCC1)C2(C)C. The van der Waals surface area contributed by atoms with Crippen LogP contribution in [0.1, 0.15) is 84.3 Å². The Balaban J connectivity index is 1.60. The summed E-state index contributed by atoms with van der Waals surface area (Å²) in [6.45, 7) is 11.2. The van der Waals surface area contributed by atoms with E-state index >= 15 is 0 Å². The normalized spacial score (nSPS) is 23.6. The first-order valence-corrected chi connectivity index (χ1v) is 16.5. The molecule has 46 heavy (non-hydrogen) atoms. The molecule has 1 aliphatic heterocycles. The van der Waals surface area contributed by atoms with E-state index in [0.717, 1.165) is 32.1 Å². The molecular formula is C35H48N4O7. The first-order valence-electron chi connectivity index (χ1n) is 16.5. The van der Waals surface area contributed by atoms with Crippen LogP contribution in [0.5, 0.6) is 0 Å². The molecule has 11 heteroatoms. The summed E-state index contributed by atoms with van der Waals surface area (Å²) in [6.07, 6.45) is 5.36. The number of Topliss-reactive ketones (excluding diaryl/α,β-unsaturated/α-hetero) is 1. The molecule has 4 rings (SSSR count). The van der Waals surface area contributed by atoms with E-state index in [0.29, 0.717) is 18.5 Å². The number of rotatable bonds is 14. The number of nitrogens with one attached hydrogen (secondary N) is 3. The molecule has 1 heterocycles. The lowest BCUT2D eigenvalue weighted by molar-refractivity contribution is -0.156. The molecule has 1 saturated heterocycles. The van der Waals surface area contributed by atoms with E-state index in [9.17, 15) is 28.8 Å². The molecule has 2 aliphatic carbocycles. The van der Waals surface area contributed by atoms with Crippen molar-refractivity contribution < 1.29 is 33.5 Å². The number of nitrogens with zero attached hydrogens (tertiary/aromatic N) is 1. The lowest BCUT2D eigenvalue weighted by Gasteiger charge is -2.37. The Morgan fingerprint density at radius 3 is 2.33 bits per heavy atom. The van der Waals surface area contributed by atoms with Gasteiger partial charge in [-0.1, -0.05) is 82.9 Å². The van der Waals surface area contributed by atoms with Crippen LogP contribution in [0.2, 0.25) is 0 Å². The summed E-state index contributed by atoms with van der Waals surface area (Å²) < 4.78 is 5.43.